The van der Waals surface area contributed by atoms with Crippen LogP contribution in [0.15, 0.2) is 76.1 Å². The number of hydrogen-bond donors (Lipinski definition) is 0. The first kappa shape index (κ1) is 18.2. The van der Waals surface area contributed by atoms with Crippen molar-refractivity contribution in [2.45, 2.75) is 13.8 Å². The summed E-state index contributed by atoms with van der Waals surface area (Å²) >= 11 is 5.91. The van der Waals surface area contributed by atoms with Crippen LogP contribution in [0.3, 0.4) is 0 Å². The van der Waals surface area contributed by atoms with Crippen LogP contribution >= 0.6 is 11.6 Å². The van der Waals surface area contributed by atoms with E-state index in [0.717, 1.165) is 44.1 Å². The minimum Gasteiger partial charge on any atom is -0.436 e. The van der Waals surface area contributed by atoms with Crippen molar-refractivity contribution in [2.24, 2.45) is 4.99 Å². The molecule has 0 spiro atoms. The molecule has 0 aliphatic heterocycles. The van der Waals surface area contributed by atoms with Crippen molar-refractivity contribution in [2.75, 3.05) is 0 Å². The van der Waals surface area contributed by atoms with Crippen LogP contribution in [-0.2, 0) is 0 Å². The Balaban J connectivity index is 1.59. The van der Waals surface area contributed by atoms with Crippen LogP contribution in [0, 0.1) is 13.8 Å². The van der Waals surface area contributed by atoms with Crippen molar-refractivity contribution >= 4 is 40.7 Å². The fourth-order valence-electron chi connectivity index (χ4n) is 3.00. The molecule has 1 heterocycles. The summed E-state index contributed by atoms with van der Waals surface area (Å²) in [5.41, 5.74) is 6.76. The smallest absolute Gasteiger partial charge is 0.227 e. The molecule has 3 aromatic carbocycles. The fraction of sp³-hybridized carbons (Fsp3) is 0.0833. The lowest BCUT2D eigenvalue weighted by molar-refractivity contribution is 0.619. The quantitative estimate of drug-likeness (QED) is 0.348. The van der Waals surface area contributed by atoms with Gasteiger partial charge in [-0.2, -0.15) is 0 Å². The van der Waals surface area contributed by atoms with Crippen LogP contribution in [0.25, 0.3) is 28.6 Å². The number of rotatable bonds is 4. The molecule has 3 nitrogen and oxygen atoms in total. The van der Waals surface area contributed by atoms with Gasteiger partial charge in [0.15, 0.2) is 5.58 Å². The summed E-state index contributed by atoms with van der Waals surface area (Å²) < 4.78 is 5.95. The van der Waals surface area contributed by atoms with E-state index in [9.17, 15) is 0 Å². The van der Waals surface area contributed by atoms with E-state index in [-0.39, 0.29) is 0 Å². The maximum atomic E-state index is 5.95. The van der Waals surface area contributed by atoms with Gasteiger partial charge in [-0.3, -0.25) is 4.99 Å². The number of allylic oxidation sites excluding steroid dienone is 1. The molecule has 0 aliphatic rings. The van der Waals surface area contributed by atoms with Gasteiger partial charge in [0.05, 0.1) is 5.69 Å². The average Bonchev–Trinajstić information content (AvgIpc) is 3.10. The maximum absolute atomic E-state index is 5.95. The van der Waals surface area contributed by atoms with Crippen LogP contribution in [0.4, 0.5) is 5.69 Å². The number of fused-ring (bicyclic) bond motifs is 1. The number of oxazole rings is 1. The summed E-state index contributed by atoms with van der Waals surface area (Å²) in [6, 6.07) is 19.6. The second-order valence-corrected chi connectivity index (χ2v) is 7.07. The Morgan fingerprint density at radius 1 is 1.00 bits per heavy atom. The standard InChI is InChI=1S/C24H19ClN2O/c1-16-8-13-23-22(15-16)27-24(28-23)20-6-3-7-21(17(20)2)26-14-4-5-18-9-11-19(25)12-10-18/h3-15H,1-2H3. The van der Waals surface area contributed by atoms with Crippen LogP contribution in [0.1, 0.15) is 16.7 Å². The molecular formula is C24H19ClN2O. The molecule has 4 aromatic rings. The number of nitrogens with zero attached hydrogens (tertiary/aromatic N) is 2. The molecule has 0 unspecified atom stereocenters. The molecule has 0 bridgehead atoms. The highest BCUT2D eigenvalue weighted by Crippen LogP contribution is 2.31. The summed E-state index contributed by atoms with van der Waals surface area (Å²) in [7, 11) is 0. The first-order chi connectivity index (χ1) is 13.6. The molecule has 0 saturated carbocycles. The van der Waals surface area contributed by atoms with E-state index in [0.29, 0.717) is 5.89 Å². The number of hydrogen-bond acceptors (Lipinski definition) is 3. The van der Waals surface area contributed by atoms with Crippen LogP contribution < -0.4 is 0 Å². The molecule has 4 heteroatoms. The topological polar surface area (TPSA) is 38.4 Å². The number of aliphatic imine (C=N–C) groups is 1. The molecular weight excluding hydrogens is 368 g/mol. The number of halogens is 1. The van der Waals surface area contributed by atoms with Gasteiger partial charge in [-0.1, -0.05) is 41.9 Å². The Morgan fingerprint density at radius 2 is 1.82 bits per heavy atom. The van der Waals surface area contributed by atoms with Gasteiger partial charge in [0, 0.05) is 16.8 Å². The highest BCUT2D eigenvalue weighted by atomic mass is 35.5. The molecule has 28 heavy (non-hydrogen) atoms. The van der Waals surface area contributed by atoms with Gasteiger partial charge in [0.1, 0.15) is 5.52 Å². The summed E-state index contributed by atoms with van der Waals surface area (Å²) in [5, 5.41) is 0.729. The van der Waals surface area contributed by atoms with Crippen molar-refractivity contribution < 1.29 is 4.42 Å². The lowest BCUT2D eigenvalue weighted by atomic mass is 10.1. The average molecular weight is 387 g/mol. The largest absolute Gasteiger partial charge is 0.436 e. The first-order valence-electron chi connectivity index (χ1n) is 9.04. The van der Waals surface area contributed by atoms with Gasteiger partial charge in [-0.15, -0.1) is 0 Å². The summed E-state index contributed by atoms with van der Waals surface area (Å²) in [4.78, 5) is 9.23. The second-order valence-electron chi connectivity index (χ2n) is 6.63. The number of aromatic nitrogens is 1. The Kier molecular flexibility index (Phi) is 5.09. The molecule has 1 aromatic heterocycles. The minimum absolute atomic E-state index is 0.617. The predicted molar refractivity (Wildman–Crippen MR) is 118 cm³/mol. The maximum Gasteiger partial charge on any atom is 0.227 e. The summed E-state index contributed by atoms with van der Waals surface area (Å²) in [6.45, 7) is 4.08. The molecule has 138 valence electrons. The zero-order chi connectivity index (χ0) is 19.5. The van der Waals surface area contributed by atoms with Gasteiger partial charge in [-0.05, 0) is 73.0 Å². The van der Waals surface area contributed by atoms with E-state index in [1.54, 1.807) is 6.21 Å². The third-order valence-electron chi connectivity index (χ3n) is 4.54. The lowest BCUT2D eigenvalue weighted by Gasteiger charge is -2.04. The minimum atomic E-state index is 0.617. The number of aryl methyl sites for hydroxylation is 1. The van der Waals surface area contributed by atoms with E-state index in [2.05, 4.69) is 9.98 Å². The monoisotopic (exact) mass is 386 g/mol. The Hall–Kier alpha value is -3.17. The van der Waals surface area contributed by atoms with Gasteiger partial charge in [0.2, 0.25) is 5.89 Å². The lowest BCUT2D eigenvalue weighted by Crippen LogP contribution is -1.84. The molecule has 4 rings (SSSR count). The molecule has 0 radical (unpaired) electrons. The molecule has 0 N–H and O–H groups in total. The molecule has 0 atom stereocenters. The fourth-order valence-corrected chi connectivity index (χ4v) is 3.13. The highest BCUT2D eigenvalue weighted by molar-refractivity contribution is 6.30. The van der Waals surface area contributed by atoms with Crippen LogP contribution in [0.2, 0.25) is 5.02 Å². The van der Waals surface area contributed by atoms with E-state index >= 15 is 0 Å². The van der Waals surface area contributed by atoms with E-state index < -0.39 is 0 Å². The third kappa shape index (κ3) is 3.90. The van der Waals surface area contributed by atoms with Gasteiger partial charge < -0.3 is 4.42 Å². The van der Waals surface area contributed by atoms with Crippen molar-refractivity contribution in [3.05, 3.63) is 88.5 Å². The van der Waals surface area contributed by atoms with Crippen LogP contribution in [0.5, 0.6) is 0 Å². The Morgan fingerprint density at radius 3 is 2.64 bits per heavy atom. The molecule has 0 saturated heterocycles. The van der Waals surface area contributed by atoms with Crippen molar-refractivity contribution in [3.8, 4) is 11.5 Å². The van der Waals surface area contributed by atoms with Crippen molar-refractivity contribution in [1.29, 1.82) is 0 Å². The summed E-state index contributed by atoms with van der Waals surface area (Å²) in [6.07, 6.45) is 5.69. The highest BCUT2D eigenvalue weighted by Gasteiger charge is 2.12. The van der Waals surface area contributed by atoms with Gasteiger partial charge >= 0.3 is 0 Å². The SMILES string of the molecule is Cc1ccc2oc(-c3cccc(N=CC=Cc4ccc(Cl)cc4)c3C)nc2c1. The van der Waals surface area contributed by atoms with Gasteiger partial charge in [0.25, 0.3) is 0 Å². The normalized spacial score (nSPS) is 11.8. The first-order valence-corrected chi connectivity index (χ1v) is 9.41. The second kappa shape index (κ2) is 7.83. The van der Waals surface area contributed by atoms with E-state index in [4.69, 9.17) is 16.0 Å². The van der Waals surface area contributed by atoms with E-state index in [1.165, 1.54) is 0 Å². The Bertz CT molecular complexity index is 1190. The Labute approximate surface area is 169 Å². The third-order valence-corrected chi connectivity index (χ3v) is 4.79. The van der Waals surface area contributed by atoms with Crippen molar-refractivity contribution in [1.82, 2.24) is 4.98 Å². The number of benzene rings is 3. The molecule has 0 aliphatic carbocycles. The predicted octanol–water partition coefficient (Wildman–Crippen LogP) is 7.18. The molecule has 0 amide bonds. The zero-order valence-electron chi connectivity index (χ0n) is 15.7. The van der Waals surface area contributed by atoms with Crippen molar-refractivity contribution in [3.63, 3.8) is 0 Å². The van der Waals surface area contributed by atoms with Gasteiger partial charge in [-0.25, -0.2) is 4.98 Å². The van der Waals surface area contributed by atoms with E-state index in [1.807, 2.05) is 86.7 Å². The summed E-state index contributed by atoms with van der Waals surface area (Å²) in [5.74, 6) is 0.617. The van der Waals surface area contributed by atoms with Crippen LogP contribution in [-0.4, -0.2) is 11.2 Å². The zero-order valence-corrected chi connectivity index (χ0v) is 16.4. The molecule has 0 fully saturated rings.